The molecule has 0 saturated heterocycles. The average molecular weight is 606 g/mol. The third-order valence-electron chi connectivity index (χ3n) is 7.33. The fraction of sp³-hybridized carbons (Fsp3) is 0.270. The summed E-state index contributed by atoms with van der Waals surface area (Å²) in [4.78, 5) is 30.9. The molecule has 0 spiro atoms. The Labute approximate surface area is 263 Å². The molecule has 0 saturated carbocycles. The van der Waals surface area contributed by atoms with E-state index in [0.29, 0.717) is 25.1 Å². The fourth-order valence-corrected chi connectivity index (χ4v) is 6.50. The van der Waals surface area contributed by atoms with Crippen molar-refractivity contribution in [2.75, 3.05) is 5.75 Å². The zero-order valence-corrected chi connectivity index (χ0v) is 26.3. The number of nitrogens with zero attached hydrogens (tertiary/aromatic N) is 1. The number of ether oxygens (including phenoxy) is 1. The normalized spacial score (nSPS) is 12.9. The standard InChI is InChI=1S/C37H39N3O3S/c1-37(2,3)43-36(42)40-31(21-29-16-8-14-27-12-4-6-18-32(27)29)25-44-34(35(41)39-24-26-11-10-20-38-23-26)22-30-17-9-15-28-13-5-7-19-33(28)30/h4-20,23,31,34H,21-22,24-25H2,1-3H3,(H,39,41)(H,40,42)/t31-,34+/m1/s1. The smallest absolute Gasteiger partial charge is 0.407 e. The Balaban J connectivity index is 1.39. The number of carbonyl (C=O) groups excluding carboxylic acids is 2. The zero-order chi connectivity index (χ0) is 30.9. The first-order chi connectivity index (χ1) is 21.2. The molecule has 2 N–H and O–H groups in total. The van der Waals surface area contributed by atoms with Gasteiger partial charge < -0.3 is 15.4 Å². The Morgan fingerprint density at radius 3 is 2.02 bits per heavy atom. The number of thioether (sulfide) groups is 1. The summed E-state index contributed by atoms with van der Waals surface area (Å²) in [6.45, 7) is 5.96. The topological polar surface area (TPSA) is 80.3 Å². The first-order valence-corrected chi connectivity index (χ1v) is 16.0. The Morgan fingerprint density at radius 2 is 1.41 bits per heavy atom. The zero-order valence-electron chi connectivity index (χ0n) is 25.5. The highest BCUT2D eigenvalue weighted by atomic mass is 32.2. The predicted molar refractivity (Wildman–Crippen MR) is 181 cm³/mol. The van der Waals surface area contributed by atoms with E-state index >= 15 is 0 Å². The molecule has 0 bridgehead atoms. The molecule has 7 heteroatoms. The second-order valence-electron chi connectivity index (χ2n) is 11.9. The van der Waals surface area contributed by atoms with E-state index in [-0.39, 0.29) is 17.2 Å². The summed E-state index contributed by atoms with van der Waals surface area (Å²) < 4.78 is 5.63. The molecule has 5 aromatic rings. The molecular weight excluding hydrogens is 566 g/mol. The Bertz CT molecular complexity index is 1710. The third kappa shape index (κ3) is 8.60. The van der Waals surface area contributed by atoms with Gasteiger partial charge in [-0.3, -0.25) is 9.78 Å². The summed E-state index contributed by atoms with van der Waals surface area (Å²) in [5.74, 6) is 0.478. The highest BCUT2D eigenvalue weighted by molar-refractivity contribution is 8.00. The Morgan fingerprint density at radius 1 is 0.795 bits per heavy atom. The van der Waals surface area contributed by atoms with Gasteiger partial charge in [-0.1, -0.05) is 91.0 Å². The van der Waals surface area contributed by atoms with Crippen LogP contribution in [0.25, 0.3) is 21.5 Å². The van der Waals surface area contributed by atoms with Crippen molar-refractivity contribution < 1.29 is 14.3 Å². The van der Waals surface area contributed by atoms with Gasteiger partial charge in [0.1, 0.15) is 5.60 Å². The lowest BCUT2D eigenvalue weighted by Crippen LogP contribution is -2.42. The van der Waals surface area contributed by atoms with Crippen molar-refractivity contribution in [3.8, 4) is 0 Å². The van der Waals surface area contributed by atoms with Crippen molar-refractivity contribution in [3.63, 3.8) is 0 Å². The minimum Gasteiger partial charge on any atom is -0.444 e. The third-order valence-corrected chi connectivity index (χ3v) is 8.71. The van der Waals surface area contributed by atoms with E-state index in [2.05, 4.69) is 64.1 Å². The van der Waals surface area contributed by atoms with E-state index < -0.39 is 11.7 Å². The summed E-state index contributed by atoms with van der Waals surface area (Å²) in [6.07, 6.45) is 4.18. The molecule has 0 aliphatic carbocycles. The molecule has 0 radical (unpaired) electrons. The quantitative estimate of drug-likeness (QED) is 0.163. The molecule has 1 aromatic heterocycles. The molecule has 0 aliphatic rings. The van der Waals surface area contributed by atoms with Crippen molar-refractivity contribution in [1.82, 2.24) is 15.6 Å². The van der Waals surface area contributed by atoms with Crippen LogP contribution in [0.3, 0.4) is 0 Å². The van der Waals surface area contributed by atoms with Crippen molar-refractivity contribution in [3.05, 3.63) is 126 Å². The van der Waals surface area contributed by atoms with Crippen molar-refractivity contribution in [1.29, 1.82) is 0 Å². The van der Waals surface area contributed by atoms with Gasteiger partial charge in [0.15, 0.2) is 0 Å². The maximum atomic E-state index is 13.7. The van der Waals surface area contributed by atoms with E-state index in [9.17, 15) is 9.59 Å². The van der Waals surface area contributed by atoms with E-state index in [4.69, 9.17) is 4.74 Å². The highest BCUT2D eigenvalue weighted by Crippen LogP contribution is 2.26. The summed E-state index contributed by atoms with van der Waals surface area (Å²) in [5, 5.41) is 10.4. The van der Waals surface area contributed by atoms with Crippen LogP contribution in [0.2, 0.25) is 0 Å². The number of pyridine rings is 1. The molecule has 4 aromatic carbocycles. The Kier molecular flexibility index (Phi) is 10.2. The van der Waals surface area contributed by atoms with E-state index in [0.717, 1.165) is 38.2 Å². The van der Waals surface area contributed by atoms with Crippen LogP contribution < -0.4 is 10.6 Å². The maximum absolute atomic E-state index is 13.7. The molecule has 0 aliphatic heterocycles. The van der Waals surface area contributed by atoms with E-state index in [1.54, 1.807) is 24.2 Å². The largest absolute Gasteiger partial charge is 0.444 e. The predicted octanol–water partition coefficient (Wildman–Crippen LogP) is 7.48. The van der Waals surface area contributed by atoms with E-state index in [1.807, 2.05) is 69.3 Å². The fourth-order valence-electron chi connectivity index (χ4n) is 5.30. The SMILES string of the molecule is CC(C)(C)OC(=O)N[C@@H](CS[C@@H](Cc1cccc2ccccc12)C(=O)NCc1cccnc1)Cc1cccc2ccccc12. The molecule has 6 nitrogen and oxygen atoms in total. The number of amides is 2. The number of nitrogens with one attached hydrogen (secondary N) is 2. The van der Waals surface area contributed by atoms with Crippen LogP contribution in [0.1, 0.15) is 37.5 Å². The molecule has 1 heterocycles. The summed E-state index contributed by atoms with van der Waals surface area (Å²) in [7, 11) is 0. The first-order valence-electron chi connectivity index (χ1n) is 15.0. The molecule has 44 heavy (non-hydrogen) atoms. The minimum absolute atomic E-state index is 0.0482. The Hall–Kier alpha value is -4.36. The number of rotatable bonds is 11. The second kappa shape index (κ2) is 14.4. The molecule has 226 valence electrons. The van der Waals surface area contributed by atoms with E-state index in [1.165, 1.54) is 0 Å². The van der Waals surface area contributed by atoms with Crippen molar-refractivity contribution >= 4 is 45.3 Å². The number of hydrogen-bond acceptors (Lipinski definition) is 5. The number of carbonyl (C=O) groups is 2. The first kappa shape index (κ1) is 31.1. The average Bonchev–Trinajstić information content (AvgIpc) is 3.01. The lowest BCUT2D eigenvalue weighted by atomic mass is 9.99. The lowest BCUT2D eigenvalue weighted by molar-refractivity contribution is -0.120. The van der Waals surface area contributed by atoms with Gasteiger partial charge in [0, 0.05) is 30.7 Å². The molecule has 0 unspecified atom stereocenters. The van der Waals surface area contributed by atoms with Crippen LogP contribution in [0, 0.1) is 0 Å². The van der Waals surface area contributed by atoms with Crippen molar-refractivity contribution in [2.45, 2.75) is 57.1 Å². The number of benzene rings is 4. The number of aromatic nitrogens is 1. The minimum atomic E-state index is -0.621. The number of fused-ring (bicyclic) bond motifs is 2. The van der Waals surface area contributed by atoms with Gasteiger partial charge >= 0.3 is 6.09 Å². The van der Waals surface area contributed by atoms with Gasteiger partial charge in [-0.2, -0.15) is 0 Å². The van der Waals surface area contributed by atoms with Gasteiger partial charge in [0.2, 0.25) is 5.91 Å². The van der Waals surface area contributed by atoms with Crippen LogP contribution in [0.4, 0.5) is 4.79 Å². The molecular formula is C37H39N3O3S. The van der Waals surface area contributed by atoms with Gasteiger partial charge in [0.25, 0.3) is 0 Å². The molecule has 0 fully saturated rings. The maximum Gasteiger partial charge on any atom is 0.407 e. The summed E-state index contributed by atoms with van der Waals surface area (Å²) >= 11 is 1.56. The number of alkyl carbamates (subject to hydrolysis) is 1. The molecule has 5 rings (SSSR count). The van der Waals surface area contributed by atoms with Gasteiger partial charge in [-0.25, -0.2) is 4.79 Å². The van der Waals surface area contributed by atoms with Crippen LogP contribution in [-0.2, 0) is 28.9 Å². The van der Waals surface area contributed by atoms with Gasteiger partial charge in [-0.15, -0.1) is 11.8 Å². The van der Waals surface area contributed by atoms with Crippen LogP contribution >= 0.6 is 11.8 Å². The second-order valence-corrected chi connectivity index (χ2v) is 13.2. The highest BCUT2D eigenvalue weighted by Gasteiger charge is 2.25. The van der Waals surface area contributed by atoms with Gasteiger partial charge in [0.05, 0.1) is 5.25 Å². The lowest BCUT2D eigenvalue weighted by Gasteiger charge is -2.25. The van der Waals surface area contributed by atoms with Crippen LogP contribution in [0.5, 0.6) is 0 Å². The summed E-state index contributed by atoms with van der Waals surface area (Å²) in [6, 6.07) is 32.5. The summed E-state index contributed by atoms with van der Waals surface area (Å²) in [5.41, 5.74) is 2.57. The van der Waals surface area contributed by atoms with Crippen LogP contribution in [0.15, 0.2) is 109 Å². The molecule has 2 atom stereocenters. The van der Waals surface area contributed by atoms with Crippen LogP contribution in [-0.4, -0.2) is 39.6 Å². The van der Waals surface area contributed by atoms with Gasteiger partial charge in [-0.05, 0) is 77.9 Å². The monoisotopic (exact) mass is 605 g/mol. The molecule has 2 amide bonds. The number of hydrogen-bond donors (Lipinski definition) is 2. The van der Waals surface area contributed by atoms with Crippen molar-refractivity contribution in [2.24, 2.45) is 0 Å².